The van der Waals surface area contributed by atoms with Crippen molar-refractivity contribution in [2.75, 3.05) is 29.9 Å². The lowest BCUT2D eigenvalue weighted by atomic mass is 10.2. The second-order valence-corrected chi connectivity index (χ2v) is 4.57. The first-order valence-electron chi connectivity index (χ1n) is 6.09. The molecule has 0 saturated carbocycles. The third kappa shape index (κ3) is 3.00. The van der Waals surface area contributed by atoms with Gasteiger partial charge in [0.1, 0.15) is 0 Å². The van der Waals surface area contributed by atoms with E-state index in [0.29, 0.717) is 4.90 Å². The summed E-state index contributed by atoms with van der Waals surface area (Å²) in [5, 5.41) is 0. The standard InChI is InChI=1S/C13H15F3N2O/c1-17(12(19)13(14,15)16)10-4-6-11(7-5-10)18-8-2-3-9-18/h4-7H,2-3,8-9H2,1H3. The number of hydrogen-bond donors (Lipinski definition) is 0. The summed E-state index contributed by atoms with van der Waals surface area (Å²) >= 11 is 0. The smallest absolute Gasteiger partial charge is 0.372 e. The Morgan fingerprint density at radius 2 is 1.68 bits per heavy atom. The zero-order chi connectivity index (χ0) is 14.0. The second-order valence-electron chi connectivity index (χ2n) is 4.57. The van der Waals surface area contributed by atoms with Crippen LogP contribution in [-0.4, -0.2) is 32.2 Å². The lowest BCUT2D eigenvalue weighted by Gasteiger charge is -2.21. The highest BCUT2D eigenvalue weighted by atomic mass is 19.4. The van der Waals surface area contributed by atoms with Crippen molar-refractivity contribution in [3.63, 3.8) is 0 Å². The summed E-state index contributed by atoms with van der Waals surface area (Å²) in [4.78, 5) is 13.9. The highest BCUT2D eigenvalue weighted by Gasteiger charge is 2.41. The molecule has 0 atom stereocenters. The van der Waals surface area contributed by atoms with Gasteiger partial charge in [-0.25, -0.2) is 0 Å². The molecule has 1 aliphatic rings. The van der Waals surface area contributed by atoms with Gasteiger partial charge < -0.3 is 9.80 Å². The maximum atomic E-state index is 12.3. The van der Waals surface area contributed by atoms with E-state index < -0.39 is 12.1 Å². The molecule has 0 N–H and O–H groups in total. The molecule has 104 valence electrons. The van der Waals surface area contributed by atoms with Crippen molar-refractivity contribution in [3.8, 4) is 0 Å². The maximum absolute atomic E-state index is 12.3. The minimum Gasteiger partial charge on any atom is -0.372 e. The van der Waals surface area contributed by atoms with Crippen molar-refractivity contribution >= 4 is 17.3 Å². The van der Waals surface area contributed by atoms with E-state index in [2.05, 4.69) is 4.90 Å². The molecule has 0 radical (unpaired) electrons. The minimum atomic E-state index is -4.84. The largest absolute Gasteiger partial charge is 0.471 e. The van der Waals surface area contributed by atoms with Crippen LogP contribution < -0.4 is 9.80 Å². The Morgan fingerprint density at radius 3 is 2.16 bits per heavy atom. The van der Waals surface area contributed by atoms with Crippen LogP contribution in [0.25, 0.3) is 0 Å². The summed E-state index contributed by atoms with van der Waals surface area (Å²) in [6.07, 6.45) is -2.58. The highest BCUT2D eigenvalue weighted by Crippen LogP contribution is 2.26. The number of carbonyl (C=O) groups is 1. The Bertz CT molecular complexity index is 450. The van der Waals surface area contributed by atoms with Crippen molar-refractivity contribution in [1.29, 1.82) is 0 Å². The highest BCUT2D eigenvalue weighted by molar-refractivity contribution is 5.96. The molecule has 1 fully saturated rings. The monoisotopic (exact) mass is 272 g/mol. The molecular weight excluding hydrogens is 257 g/mol. The molecule has 3 nitrogen and oxygen atoms in total. The quantitative estimate of drug-likeness (QED) is 0.826. The van der Waals surface area contributed by atoms with Gasteiger partial charge in [0.15, 0.2) is 0 Å². The summed E-state index contributed by atoms with van der Waals surface area (Å²) in [5.74, 6) is -1.86. The maximum Gasteiger partial charge on any atom is 0.471 e. The fraction of sp³-hybridized carbons (Fsp3) is 0.462. The number of rotatable bonds is 2. The van der Waals surface area contributed by atoms with E-state index in [0.717, 1.165) is 38.7 Å². The molecule has 1 amide bonds. The number of hydrogen-bond acceptors (Lipinski definition) is 2. The number of halogens is 3. The minimum absolute atomic E-state index is 0.241. The van der Waals surface area contributed by atoms with Gasteiger partial charge in [0.05, 0.1) is 0 Å². The Kier molecular flexibility index (Phi) is 3.68. The molecular formula is C13H15F3N2O. The fourth-order valence-corrected chi connectivity index (χ4v) is 2.17. The molecule has 19 heavy (non-hydrogen) atoms. The number of amides is 1. The summed E-state index contributed by atoms with van der Waals surface area (Å²) < 4.78 is 36.9. The van der Waals surface area contributed by atoms with Crippen LogP contribution in [-0.2, 0) is 4.79 Å². The van der Waals surface area contributed by atoms with E-state index >= 15 is 0 Å². The van der Waals surface area contributed by atoms with Gasteiger partial charge in [-0.05, 0) is 37.1 Å². The van der Waals surface area contributed by atoms with Crippen LogP contribution in [0.15, 0.2) is 24.3 Å². The van der Waals surface area contributed by atoms with E-state index in [-0.39, 0.29) is 5.69 Å². The molecule has 0 unspecified atom stereocenters. The normalized spacial score (nSPS) is 15.7. The summed E-state index contributed by atoms with van der Waals surface area (Å²) in [7, 11) is 1.13. The molecule has 0 aliphatic carbocycles. The Labute approximate surface area is 109 Å². The summed E-state index contributed by atoms with van der Waals surface area (Å²) in [5.41, 5.74) is 1.22. The Balaban J connectivity index is 2.11. The molecule has 1 aromatic carbocycles. The zero-order valence-electron chi connectivity index (χ0n) is 10.6. The van der Waals surface area contributed by atoms with Crippen molar-refractivity contribution in [2.45, 2.75) is 19.0 Å². The van der Waals surface area contributed by atoms with Crippen molar-refractivity contribution < 1.29 is 18.0 Å². The van der Waals surface area contributed by atoms with Gasteiger partial charge in [-0.15, -0.1) is 0 Å². The van der Waals surface area contributed by atoms with Crippen LogP contribution in [0.3, 0.4) is 0 Å². The zero-order valence-corrected chi connectivity index (χ0v) is 10.6. The first-order chi connectivity index (χ1) is 8.89. The SMILES string of the molecule is CN(C(=O)C(F)(F)F)c1ccc(N2CCCC2)cc1. The van der Waals surface area contributed by atoms with Gasteiger partial charge in [-0.3, -0.25) is 4.79 Å². The third-order valence-electron chi connectivity index (χ3n) is 3.26. The molecule has 6 heteroatoms. The van der Waals surface area contributed by atoms with Crippen LogP contribution in [0.1, 0.15) is 12.8 Å². The Hall–Kier alpha value is -1.72. The molecule has 0 spiro atoms. The molecule has 2 rings (SSSR count). The van der Waals surface area contributed by atoms with Gasteiger partial charge in [0.2, 0.25) is 0 Å². The van der Waals surface area contributed by atoms with E-state index in [1.54, 1.807) is 12.1 Å². The average molecular weight is 272 g/mol. The molecule has 1 heterocycles. The summed E-state index contributed by atoms with van der Waals surface area (Å²) in [6.45, 7) is 1.94. The predicted molar refractivity (Wildman–Crippen MR) is 67.4 cm³/mol. The van der Waals surface area contributed by atoms with Crippen molar-refractivity contribution in [2.24, 2.45) is 0 Å². The van der Waals surface area contributed by atoms with Gasteiger partial charge in [0, 0.05) is 31.5 Å². The molecule has 1 saturated heterocycles. The molecule has 1 aliphatic heterocycles. The van der Waals surface area contributed by atoms with E-state index in [9.17, 15) is 18.0 Å². The van der Waals surface area contributed by atoms with E-state index in [4.69, 9.17) is 0 Å². The van der Waals surface area contributed by atoms with Gasteiger partial charge >= 0.3 is 12.1 Å². The van der Waals surface area contributed by atoms with Crippen LogP contribution in [0.2, 0.25) is 0 Å². The average Bonchev–Trinajstić information content (AvgIpc) is 2.90. The van der Waals surface area contributed by atoms with Crippen molar-refractivity contribution in [3.05, 3.63) is 24.3 Å². The molecule has 1 aromatic rings. The van der Waals surface area contributed by atoms with Gasteiger partial charge in [-0.1, -0.05) is 0 Å². The van der Waals surface area contributed by atoms with Gasteiger partial charge in [-0.2, -0.15) is 13.2 Å². The number of anilines is 2. The van der Waals surface area contributed by atoms with Crippen LogP contribution in [0.5, 0.6) is 0 Å². The number of carbonyl (C=O) groups excluding carboxylic acids is 1. The molecule has 0 bridgehead atoms. The van der Waals surface area contributed by atoms with Crippen molar-refractivity contribution in [1.82, 2.24) is 0 Å². The van der Waals surface area contributed by atoms with Crippen LogP contribution >= 0.6 is 0 Å². The lowest BCUT2D eigenvalue weighted by molar-refractivity contribution is -0.170. The first kappa shape index (κ1) is 13.7. The van der Waals surface area contributed by atoms with Crippen LogP contribution in [0.4, 0.5) is 24.5 Å². The topological polar surface area (TPSA) is 23.6 Å². The third-order valence-corrected chi connectivity index (χ3v) is 3.26. The van der Waals surface area contributed by atoms with E-state index in [1.165, 1.54) is 12.1 Å². The van der Waals surface area contributed by atoms with Crippen LogP contribution in [0, 0.1) is 0 Å². The van der Waals surface area contributed by atoms with Gasteiger partial charge in [0.25, 0.3) is 0 Å². The Morgan fingerprint density at radius 1 is 1.16 bits per heavy atom. The van der Waals surface area contributed by atoms with E-state index in [1.807, 2.05) is 0 Å². The number of benzene rings is 1. The number of nitrogens with zero attached hydrogens (tertiary/aromatic N) is 2. The first-order valence-corrected chi connectivity index (χ1v) is 6.09. The summed E-state index contributed by atoms with van der Waals surface area (Å²) in [6, 6.07) is 6.58. The number of alkyl halides is 3. The lowest BCUT2D eigenvalue weighted by Crippen LogP contribution is -2.38. The second kappa shape index (κ2) is 5.11. The fourth-order valence-electron chi connectivity index (χ4n) is 2.17. The predicted octanol–water partition coefficient (Wildman–Crippen LogP) is 2.81. The molecule has 0 aromatic heterocycles.